The van der Waals surface area contributed by atoms with Gasteiger partial charge in [0.15, 0.2) is 5.75 Å². The number of rotatable bonds is 8. The van der Waals surface area contributed by atoms with E-state index in [2.05, 4.69) is 6.92 Å². The predicted molar refractivity (Wildman–Crippen MR) is 103 cm³/mol. The van der Waals surface area contributed by atoms with E-state index in [0.717, 1.165) is 25.7 Å². The molecule has 3 saturated heterocycles. The van der Waals surface area contributed by atoms with Crippen LogP contribution in [0.1, 0.15) is 43.7 Å². The van der Waals surface area contributed by atoms with E-state index in [0.29, 0.717) is 30.9 Å². The van der Waals surface area contributed by atoms with Crippen LogP contribution in [0.4, 0.5) is 22.0 Å². The molecule has 3 aliphatic heterocycles. The van der Waals surface area contributed by atoms with E-state index in [9.17, 15) is 22.0 Å². The van der Waals surface area contributed by atoms with E-state index in [1.807, 2.05) is 0 Å². The highest BCUT2D eigenvalue weighted by Crippen LogP contribution is 2.46. The van der Waals surface area contributed by atoms with Crippen molar-refractivity contribution in [2.75, 3.05) is 19.8 Å². The van der Waals surface area contributed by atoms with E-state index in [1.165, 1.54) is 0 Å². The Hall–Kier alpha value is -2.23. The molecule has 0 aliphatic carbocycles. The molecule has 2 aromatic rings. The molecule has 2 aromatic carbocycles. The summed E-state index contributed by atoms with van der Waals surface area (Å²) in [5.41, 5.74) is 0.896. The minimum absolute atomic E-state index is 0.140. The molecule has 5 rings (SSSR count). The Morgan fingerprint density at radius 2 is 1.31 bits per heavy atom. The predicted octanol–water partition coefficient (Wildman–Crippen LogP) is 5.72. The Balaban J connectivity index is 1.41. The van der Waals surface area contributed by atoms with Gasteiger partial charge in [0.1, 0.15) is 6.61 Å². The SMILES string of the molecule is CCCCCC12COC(c3ccc(COc4c(F)c(F)c(F)c(F)c4F)cc3)(OC1)OC2. The molecule has 3 heterocycles. The van der Waals surface area contributed by atoms with Crippen LogP contribution < -0.4 is 4.74 Å². The van der Waals surface area contributed by atoms with E-state index in [-0.39, 0.29) is 5.41 Å². The van der Waals surface area contributed by atoms with Crippen LogP contribution in [0.3, 0.4) is 0 Å². The molecule has 0 aromatic heterocycles. The number of fused-ring (bicyclic) bond motifs is 3. The summed E-state index contributed by atoms with van der Waals surface area (Å²) in [6.45, 7) is 3.28. The van der Waals surface area contributed by atoms with E-state index in [1.54, 1.807) is 24.3 Å². The minimum atomic E-state index is -2.23. The lowest BCUT2D eigenvalue weighted by Gasteiger charge is -2.52. The van der Waals surface area contributed by atoms with Crippen molar-refractivity contribution in [2.45, 2.75) is 45.2 Å². The molecule has 0 spiro atoms. The largest absolute Gasteiger partial charge is 0.483 e. The molecule has 0 radical (unpaired) electrons. The average Bonchev–Trinajstić information content (AvgIpc) is 2.83. The second-order valence-electron chi connectivity index (χ2n) is 8.26. The number of unbranched alkanes of at least 4 members (excludes halogenated alkanes) is 2. The fourth-order valence-electron chi connectivity index (χ4n) is 3.88. The summed E-state index contributed by atoms with van der Waals surface area (Å²) in [5.74, 6) is -13.0. The molecule has 32 heavy (non-hydrogen) atoms. The van der Waals surface area contributed by atoms with Crippen molar-refractivity contribution < 1.29 is 40.9 Å². The lowest BCUT2D eigenvalue weighted by atomic mass is 9.83. The number of hydrogen-bond donors (Lipinski definition) is 0. The van der Waals surface area contributed by atoms with Crippen molar-refractivity contribution in [3.05, 3.63) is 64.5 Å². The van der Waals surface area contributed by atoms with Crippen molar-refractivity contribution >= 4 is 0 Å². The summed E-state index contributed by atoms with van der Waals surface area (Å²) in [7, 11) is 0. The molecule has 3 aliphatic rings. The zero-order valence-electron chi connectivity index (χ0n) is 17.5. The Morgan fingerprint density at radius 1 is 0.781 bits per heavy atom. The first-order valence-corrected chi connectivity index (χ1v) is 10.5. The molecule has 0 unspecified atom stereocenters. The molecule has 174 valence electrons. The van der Waals surface area contributed by atoms with Gasteiger partial charge in [0, 0.05) is 11.0 Å². The third kappa shape index (κ3) is 4.09. The number of ether oxygens (including phenoxy) is 4. The Labute approximate surface area is 182 Å². The summed E-state index contributed by atoms with van der Waals surface area (Å²) in [5, 5.41) is 0. The zero-order chi connectivity index (χ0) is 22.9. The number of halogens is 5. The van der Waals surface area contributed by atoms with Gasteiger partial charge < -0.3 is 18.9 Å². The first-order chi connectivity index (χ1) is 15.3. The second-order valence-corrected chi connectivity index (χ2v) is 8.26. The molecule has 2 bridgehead atoms. The maximum Gasteiger partial charge on any atom is 0.312 e. The molecule has 9 heteroatoms. The van der Waals surface area contributed by atoms with Gasteiger partial charge in [0.25, 0.3) is 0 Å². The van der Waals surface area contributed by atoms with Gasteiger partial charge in [-0.2, -0.15) is 8.78 Å². The fraction of sp³-hybridized carbons (Fsp3) is 0.478. The Kier molecular flexibility index (Phi) is 6.42. The molecule has 0 amide bonds. The molecule has 0 N–H and O–H groups in total. The van der Waals surface area contributed by atoms with Gasteiger partial charge in [-0.05, 0) is 12.0 Å². The third-order valence-electron chi connectivity index (χ3n) is 5.88. The van der Waals surface area contributed by atoms with Crippen LogP contribution in [0, 0.1) is 34.5 Å². The lowest BCUT2D eigenvalue weighted by molar-refractivity contribution is -0.480. The molecule has 0 atom stereocenters. The summed E-state index contributed by atoms with van der Waals surface area (Å²) < 4.78 is 89.9. The number of hydrogen-bond acceptors (Lipinski definition) is 4. The lowest BCUT2D eigenvalue weighted by Crippen LogP contribution is -2.58. The van der Waals surface area contributed by atoms with Crippen LogP contribution >= 0.6 is 0 Å². The highest BCUT2D eigenvalue weighted by atomic mass is 19.2. The summed E-state index contributed by atoms with van der Waals surface area (Å²) in [6, 6.07) is 6.44. The third-order valence-corrected chi connectivity index (χ3v) is 5.88. The van der Waals surface area contributed by atoms with Crippen LogP contribution in [0.25, 0.3) is 0 Å². The van der Waals surface area contributed by atoms with E-state index in [4.69, 9.17) is 18.9 Å². The van der Waals surface area contributed by atoms with Gasteiger partial charge in [0.2, 0.25) is 29.1 Å². The molecule has 0 saturated carbocycles. The van der Waals surface area contributed by atoms with Crippen LogP contribution in [0.15, 0.2) is 24.3 Å². The molecular weight excluding hydrogens is 435 g/mol. The summed E-state index contributed by atoms with van der Waals surface area (Å²) in [4.78, 5) is 0. The minimum Gasteiger partial charge on any atom is -0.483 e. The molecule has 4 nitrogen and oxygen atoms in total. The summed E-state index contributed by atoms with van der Waals surface area (Å²) in [6.07, 6.45) is 4.31. The van der Waals surface area contributed by atoms with Gasteiger partial charge in [-0.25, -0.2) is 13.2 Å². The monoisotopic (exact) mass is 458 g/mol. The smallest absolute Gasteiger partial charge is 0.312 e. The van der Waals surface area contributed by atoms with E-state index < -0.39 is 47.4 Å². The van der Waals surface area contributed by atoms with Crippen LogP contribution in [0.2, 0.25) is 0 Å². The highest BCUT2D eigenvalue weighted by Gasteiger charge is 2.53. The first kappa shape index (κ1) is 22.9. The fourth-order valence-corrected chi connectivity index (χ4v) is 3.88. The van der Waals surface area contributed by atoms with Gasteiger partial charge >= 0.3 is 5.97 Å². The Morgan fingerprint density at radius 3 is 1.84 bits per heavy atom. The normalized spacial score (nSPS) is 24.7. The maximum absolute atomic E-state index is 13.7. The first-order valence-electron chi connectivity index (χ1n) is 10.5. The van der Waals surface area contributed by atoms with Crippen molar-refractivity contribution in [1.29, 1.82) is 0 Å². The molecule has 3 fully saturated rings. The maximum atomic E-state index is 13.7. The topological polar surface area (TPSA) is 36.9 Å². The van der Waals surface area contributed by atoms with Crippen molar-refractivity contribution in [3.8, 4) is 5.75 Å². The Bertz CT molecular complexity index is 926. The zero-order valence-corrected chi connectivity index (χ0v) is 17.5. The van der Waals surface area contributed by atoms with Crippen molar-refractivity contribution in [2.24, 2.45) is 5.41 Å². The van der Waals surface area contributed by atoms with Crippen molar-refractivity contribution in [1.82, 2.24) is 0 Å². The highest BCUT2D eigenvalue weighted by molar-refractivity contribution is 5.31. The van der Waals surface area contributed by atoms with Crippen LogP contribution in [-0.2, 0) is 26.8 Å². The quantitative estimate of drug-likeness (QED) is 0.220. The van der Waals surface area contributed by atoms with Gasteiger partial charge in [-0.15, -0.1) is 0 Å². The standard InChI is InChI=1S/C23H23F5O4/c1-2-3-4-9-22-11-30-23(31-12-22,32-13-22)15-7-5-14(6-8-15)10-29-21-19(27)17(25)16(24)18(26)20(21)28/h5-8H,2-4,9-13H2,1H3. The average molecular weight is 458 g/mol. The summed E-state index contributed by atoms with van der Waals surface area (Å²) >= 11 is 0. The van der Waals surface area contributed by atoms with Gasteiger partial charge in [-0.1, -0.05) is 50.5 Å². The van der Waals surface area contributed by atoms with Gasteiger partial charge in [0.05, 0.1) is 19.8 Å². The van der Waals surface area contributed by atoms with Gasteiger partial charge in [-0.3, -0.25) is 0 Å². The van der Waals surface area contributed by atoms with Crippen LogP contribution in [0.5, 0.6) is 5.75 Å². The van der Waals surface area contributed by atoms with E-state index >= 15 is 0 Å². The second kappa shape index (κ2) is 8.96. The number of benzene rings is 2. The van der Waals surface area contributed by atoms with Crippen molar-refractivity contribution in [3.63, 3.8) is 0 Å². The van der Waals surface area contributed by atoms with Crippen LogP contribution in [-0.4, -0.2) is 19.8 Å². The molecular formula is C23H23F5O4.